The first-order valence-corrected chi connectivity index (χ1v) is 8.36. The second-order valence-corrected chi connectivity index (χ2v) is 6.55. The van der Waals surface area contributed by atoms with Crippen molar-refractivity contribution in [2.75, 3.05) is 13.1 Å². The minimum atomic E-state index is -0.841. The van der Waals surface area contributed by atoms with Crippen molar-refractivity contribution in [3.63, 3.8) is 0 Å². The Hall–Kier alpha value is -1.26. The Morgan fingerprint density at radius 1 is 1.10 bits per heavy atom. The van der Waals surface area contributed by atoms with Gasteiger partial charge in [0.1, 0.15) is 0 Å². The quantitative estimate of drug-likeness (QED) is 0.759. The molecule has 0 atom stereocenters. The van der Waals surface area contributed by atoms with E-state index in [9.17, 15) is 9.59 Å². The number of carbonyl (C=O) groups excluding carboxylic acids is 1. The van der Waals surface area contributed by atoms with Gasteiger partial charge >= 0.3 is 12.0 Å². The molecule has 0 unspecified atom stereocenters. The van der Waals surface area contributed by atoms with Gasteiger partial charge in [-0.3, -0.25) is 4.79 Å². The highest BCUT2D eigenvalue weighted by atomic mass is 16.4. The predicted molar refractivity (Wildman–Crippen MR) is 81.1 cm³/mol. The lowest BCUT2D eigenvalue weighted by atomic mass is 9.81. The number of carbonyl (C=O) groups is 2. The Balaban J connectivity index is 1.71. The predicted octanol–water partition coefficient (Wildman–Crippen LogP) is 2.85. The molecule has 0 bridgehead atoms. The van der Waals surface area contributed by atoms with Gasteiger partial charge in [0.25, 0.3) is 0 Å². The second-order valence-electron chi connectivity index (χ2n) is 6.55. The maximum absolute atomic E-state index is 12.2. The van der Waals surface area contributed by atoms with Crippen LogP contribution in [0.3, 0.4) is 0 Å². The Labute approximate surface area is 127 Å². The molecule has 2 fully saturated rings. The summed E-state index contributed by atoms with van der Waals surface area (Å²) in [5, 5.41) is 11.8. The molecule has 2 amide bonds. The molecule has 0 aromatic rings. The highest BCUT2D eigenvalue weighted by molar-refractivity contribution is 5.76. The first-order chi connectivity index (χ1) is 10.1. The van der Waals surface area contributed by atoms with Crippen LogP contribution in [0.1, 0.15) is 58.3 Å². The molecular weight excluding hydrogens is 268 g/mol. The Morgan fingerprint density at radius 3 is 2.24 bits per heavy atom. The fraction of sp³-hybridized carbons (Fsp3) is 0.875. The third kappa shape index (κ3) is 5.21. The number of amides is 2. The topological polar surface area (TPSA) is 69.6 Å². The van der Waals surface area contributed by atoms with E-state index in [1.807, 2.05) is 0 Å². The molecule has 0 aromatic carbocycles. The van der Waals surface area contributed by atoms with E-state index in [-0.39, 0.29) is 18.5 Å². The molecule has 0 heterocycles. The molecule has 2 saturated carbocycles. The van der Waals surface area contributed by atoms with Crippen molar-refractivity contribution in [2.45, 2.75) is 64.3 Å². The Morgan fingerprint density at radius 2 is 1.71 bits per heavy atom. The first-order valence-electron chi connectivity index (χ1n) is 8.36. The van der Waals surface area contributed by atoms with Crippen molar-refractivity contribution in [2.24, 2.45) is 11.8 Å². The lowest BCUT2D eigenvalue weighted by Crippen LogP contribution is -2.44. The SMILES string of the molecule is CCC1CCC(CNC(=O)N(CCC(=O)O)C2CC2)CC1. The van der Waals surface area contributed by atoms with Gasteiger partial charge in [-0.25, -0.2) is 4.79 Å². The van der Waals surface area contributed by atoms with Gasteiger partial charge in [-0.2, -0.15) is 0 Å². The highest BCUT2D eigenvalue weighted by Crippen LogP contribution is 2.30. The molecular formula is C16H28N2O3. The number of carboxylic acid groups (broad SMARTS) is 1. The number of nitrogens with one attached hydrogen (secondary N) is 1. The highest BCUT2D eigenvalue weighted by Gasteiger charge is 2.33. The zero-order valence-corrected chi connectivity index (χ0v) is 13.0. The number of rotatable bonds is 7. The molecule has 0 radical (unpaired) electrons. The lowest BCUT2D eigenvalue weighted by molar-refractivity contribution is -0.137. The maximum atomic E-state index is 12.2. The van der Waals surface area contributed by atoms with Crippen molar-refractivity contribution in [3.05, 3.63) is 0 Å². The van der Waals surface area contributed by atoms with Crippen LogP contribution < -0.4 is 5.32 Å². The molecule has 5 heteroatoms. The number of urea groups is 1. The van der Waals surface area contributed by atoms with Crippen LogP contribution in [-0.2, 0) is 4.79 Å². The van der Waals surface area contributed by atoms with Gasteiger partial charge in [0.2, 0.25) is 0 Å². The number of hydrogen-bond acceptors (Lipinski definition) is 2. The largest absolute Gasteiger partial charge is 0.481 e. The number of hydrogen-bond donors (Lipinski definition) is 2. The van der Waals surface area contributed by atoms with Crippen molar-refractivity contribution >= 4 is 12.0 Å². The minimum Gasteiger partial charge on any atom is -0.481 e. The molecule has 5 nitrogen and oxygen atoms in total. The molecule has 2 rings (SSSR count). The van der Waals surface area contributed by atoms with E-state index < -0.39 is 5.97 Å². The van der Waals surface area contributed by atoms with E-state index in [0.717, 1.165) is 25.3 Å². The molecule has 0 spiro atoms. The van der Waals surface area contributed by atoms with Gasteiger partial charge in [-0.1, -0.05) is 26.2 Å². The fourth-order valence-corrected chi connectivity index (χ4v) is 3.23. The van der Waals surface area contributed by atoms with E-state index in [1.165, 1.54) is 32.1 Å². The van der Waals surface area contributed by atoms with Crippen LogP contribution in [-0.4, -0.2) is 41.1 Å². The van der Waals surface area contributed by atoms with Gasteiger partial charge < -0.3 is 15.3 Å². The fourth-order valence-electron chi connectivity index (χ4n) is 3.23. The summed E-state index contributed by atoms with van der Waals surface area (Å²) in [6.07, 6.45) is 8.29. The third-order valence-corrected chi connectivity index (χ3v) is 4.90. The Kier molecular flexibility index (Phi) is 5.88. The monoisotopic (exact) mass is 296 g/mol. The van der Waals surface area contributed by atoms with Crippen LogP contribution in [0, 0.1) is 11.8 Å². The normalized spacial score (nSPS) is 25.4. The summed E-state index contributed by atoms with van der Waals surface area (Å²) >= 11 is 0. The summed E-state index contributed by atoms with van der Waals surface area (Å²) in [4.78, 5) is 24.6. The van der Waals surface area contributed by atoms with E-state index >= 15 is 0 Å². The van der Waals surface area contributed by atoms with Gasteiger partial charge in [-0.05, 0) is 37.5 Å². The summed E-state index contributed by atoms with van der Waals surface area (Å²) in [7, 11) is 0. The molecule has 0 aliphatic heterocycles. The second kappa shape index (κ2) is 7.66. The van der Waals surface area contributed by atoms with Gasteiger partial charge in [-0.15, -0.1) is 0 Å². The third-order valence-electron chi connectivity index (χ3n) is 4.90. The standard InChI is InChI=1S/C16H28N2O3/c1-2-12-3-5-13(6-4-12)11-17-16(21)18(14-7-8-14)10-9-15(19)20/h12-14H,2-11H2,1H3,(H,17,21)(H,19,20). The van der Waals surface area contributed by atoms with Gasteiger partial charge in [0.15, 0.2) is 0 Å². The zero-order chi connectivity index (χ0) is 15.2. The van der Waals surface area contributed by atoms with Gasteiger partial charge in [0.05, 0.1) is 6.42 Å². The summed E-state index contributed by atoms with van der Waals surface area (Å²) in [5.41, 5.74) is 0. The van der Waals surface area contributed by atoms with Crippen LogP contribution >= 0.6 is 0 Å². The average Bonchev–Trinajstić information content (AvgIpc) is 3.30. The molecule has 2 N–H and O–H groups in total. The Bertz CT molecular complexity index is 361. The van der Waals surface area contributed by atoms with Crippen molar-refractivity contribution in [1.82, 2.24) is 10.2 Å². The van der Waals surface area contributed by atoms with E-state index in [4.69, 9.17) is 5.11 Å². The number of carboxylic acids is 1. The molecule has 21 heavy (non-hydrogen) atoms. The number of aliphatic carboxylic acids is 1. The first kappa shape index (κ1) is 16.1. The lowest BCUT2D eigenvalue weighted by Gasteiger charge is -2.29. The van der Waals surface area contributed by atoms with Crippen molar-refractivity contribution in [3.8, 4) is 0 Å². The summed E-state index contributed by atoms with van der Waals surface area (Å²) < 4.78 is 0. The van der Waals surface area contributed by atoms with Crippen molar-refractivity contribution in [1.29, 1.82) is 0 Å². The van der Waals surface area contributed by atoms with Gasteiger partial charge in [0, 0.05) is 19.1 Å². The maximum Gasteiger partial charge on any atom is 0.317 e. The summed E-state index contributed by atoms with van der Waals surface area (Å²) in [6, 6.07) is 0.191. The van der Waals surface area contributed by atoms with E-state index in [2.05, 4.69) is 12.2 Å². The van der Waals surface area contributed by atoms with Crippen LogP contribution in [0.5, 0.6) is 0 Å². The summed E-state index contributed by atoms with van der Waals surface area (Å²) in [5.74, 6) is 0.624. The number of nitrogens with zero attached hydrogens (tertiary/aromatic N) is 1. The smallest absolute Gasteiger partial charge is 0.317 e. The van der Waals surface area contributed by atoms with Crippen LogP contribution in [0.2, 0.25) is 0 Å². The molecule has 2 aliphatic rings. The van der Waals surface area contributed by atoms with Crippen LogP contribution in [0.25, 0.3) is 0 Å². The summed E-state index contributed by atoms with van der Waals surface area (Å²) in [6.45, 7) is 3.32. The van der Waals surface area contributed by atoms with E-state index in [0.29, 0.717) is 12.5 Å². The molecule has 0 aromatic heterocycles. The van der Waals surface area contributed by atoms with Crippen LogP contribution in [0.15, 0.2) is 0 Å². The van der Waals surface area contributed by atoms with E-state index in [1.54, 1.807) is 4.90 Å². The zero-order valence-electron chi connectivity index (χ0n) is 13.0. The molecule has 0 saturated heterocycles. The van der Waals surface area contributed by atoms with Crippen LogP contribution in [0.4, 0.5) is 4.79 Å². The molecule has 2 aliphatic carbocycles. The minimum absolute atomic E-state index is 0.0333. The molecule has 120 valence electrons. The van der Waals surface area contributed by atoms with Crippen molar-refractivity contribution < 1.29 is 14.7 Å². The average molecular weight is 296 g/mol.